The quantitative estimate of drug-likeness (QED) is 0.592. The Hall–Kier alpha value is -3.14. The highest BCUT2D eigenvalue weighted by Crippen LogP contribution is 2.26. The maximum Gasteiger partial charge on any atom is 0.154 e. The molecule has 1 saturated heterocycles. The van der Waals surface area contributed by atoms with Crippen molar-refractivity contribution in [2.45, 2.75) is 19.3 Å². The fraction of sp³-hybridized carbons (Fsp3) is 0.250. The van der Waals surface area contributed by atoms with E-state index in [9.17, 15) is 9.59 Å². The first kappa shape index (κ1) is 19.6. The van der Waals surface area contributed by atoms with E-state index in [4.69, 9.17) is 4.74 Å². The van der Waals surface area contributed by atoms with Gasteiger partial charge in [0.1, 0.15) is 12.0 Å². The second-order valence-corrected chi connectivity index (χ2v) is 6.78. The molecule has 3 aromatic carbocycles. The van der Waals surface area contributed by atoms with Gasteiger partial charge in [0.2, 0.25) is 0 Å². The van der Waals surface area contributed by atoms with Gasteiger partial charge < -0.3 is 9.64 Å². The third-order valence-electron chi connectivity index (χ3n) is 5.02. The second-order valence-electron chi connectivity index (χ2n) is 6.78. The molecule has 0 amide bonds. The van der Waals surface area contributed by atoms with Crippen molar-refractivity contribution in [1.82, 2.24) is 0 Å². The van der Waals surface area contributed by atoms with Gasteiger partial charge in [0.25, 0.3) is 0 Å². The minimum atomic E-state index is 0.616. The summed E-state index contributed by atoms with van der Waals surface area (Å²) in [5, 5.41) is 1.98. The zero-order chi connectivity index (χ0) is 19.8. The maximum atomic E-state index is 10.9. The third-order valence-corrected chi connectivity index (χ3v) is 5.02. The van der Waals surface area contributed by atoms with Crippen LogP contribution in [0.4, 0.5) is 5.69 Å². The number of benzene rings is 3. The predicted molar refractivity (Wildman–Crippen MR) is 114 cm³/mol. The number of hydrogen-bond acceptors (Lipinski definition) is 4. The molecular weight excluding hydrogens is 350 g/mol. The van der Waals surface area contributed by atoms with Crippen molar-refractivity contribution in [3.8, 4) is 5.75 Å². The number of ether oxygens (including phenoxy) is 1. The van der Waals surface area contributed by atoms with Gasteiger partial charge in [0.15, 0.2) is 6.29 Å². The van der Waals surface area contributed by atoms with E-state index in [-0.39, 0.29) is 0 Å². The van der Waals surface area contributed by atoms with Gasteiger partial charge in [-0.15, -0.1) is 0 Å². The van der Waals surface area contributed by atoms with Crippen LogP contribution < -0.4 is 9.64 Å². The molecule has 0 spiro atoms. The number of rotatable bonds is 4. The van der Waals surface area contributed by atoms with Crippen LogP contribution in [0.5, 0.6) is 5.75 Å². The minimum Gasteiger partial charge on any atom is -0.496 e. The number of nitrogens with zero attached hydrogens (tertiary/aromatic N) is 1. The first-order valence-corrected chi connectivity index (χ1v) is 9.58. The highest BCUT2D eigenvalue weighted by molar-refractivity contribution is 6.00. The first-order chi connectivity index (χ1) is 13.8. The van der Waals surface area contributed by atoms with E-state index in [2.05, 4.69) is 4.90 Å². The smallest absolute Gasteiger partial charge is 0.154 e. The Labute approximate surface area is 165 Å². The predicted octanol–water partition coefficient (Wildman–Crippen LogP) is 5.15. The first-order valence-electron chi connectivity index (χ1n) is 9.58. The van der Waals surface area contributed by atoms with Crippen LogP contribution in [0, 0.1) is 0 Å². The van der Waals surface area contributed by atoms with Gasteiger partial charge in [-0.2, -0.15) is 0 Å². The third kappa shape index (κ3) is 4.58. The Morgan fingerprint density at radius 3 is 2.18 bits per heavy atom. The summed E-state index contributed by atoms with van der Waals surface area (Å²) in [6.07, 6.45) is 5.65. The number of fused-ring (bicyclic) bond motifs is 1. The number of methoxy groups -OCH3 is 1. The highest BCUT2D eigenvalue weighted by Gasteiger charge is 2.10. The molecule has 0 atom stereocenters. The summed E-state index contributed by atoms with van der Waals surface area (Å²) in [6, 6.07) is 19.4. The monoisotopic (exact) mass is 375 g/mol. The zero-order valence-electron chi connectivity index (χ0n) is 16.1. The zero-order valence-corrected chi connectivity index (χ0v) is 16.1. The summed E-state index contributed by atoms with van der Waals surface area (Å²) < 4.78 is 5.11. The fourth-order valence-corrected chi connectivity index (χ4v) is 3.49. The molecule has 1 heterocycles. The molecule has 1 fully saturated rings. The van der Waals surface area contributed by atoms with E-state index in [1.54, 1.807) is 7.11 Å². The van der Waals surface area contributed by atoms with Crippen molar-refractivity contribution >= 4 is 29.0 Å². The van der Waals surface area contributed by atoms with Gasteiger partial charge in [0.05, 0.1) is 12.7 Å². The summed E-state index contributed by atoms with van der Waals surface area (Å²) in [5.74, 6) is 0.624. The lowest BCUT2D eigenvalue weighted by molar-refractivity contribution is 0.111. The molecule has 4 nitrogen and oxygen atoms in total. The van der Waals surface area contributed by atoms with Crippen LogP contribution in [0.15, 0.2) is 60.7 Å². The van der Waals surface area contributed by atoms with Crippen LogP contribution >= 0.6 is 0 Å². The van der Waals surface area contributed by atoms with Crippen molar-refractivity contribution in [2.75, 3.05) is 25.1 Å². The molecule has 0 aromatic heterocycles. The summed E-state index contributed by atoms with van der Waals surface area (Å²) >= 11 is 0. The van der Waals surface area contributed by atoms with Crippen LogP contribution in [0.1, 0.15) is 40.0 Å². The molecule has 0 saturated carbocycles. The summed E-state index contributed by atoms with van der Waals surface area (Å²) in [4.78, 5) is 23.8. The average molecular weight is 375 g/mol. The molecule has 3 aromatic rings. The van der Waals surface area contributed by atoms with E-state index < -0.39 is 0 Å². The fourth-order valence-electron chi connectivity index (χ4n) is 3.49. The van der Waals surface area contributed by atoms with E-state index in [0.717, 1.165) is 42.0 Å². The Balaban J connectivity index is 0.000000161. The van der Waals surface area contributed by atoms with E-state index in [1.165, 1.54) is 24.9 Å². The van der Waals surface area contributed by atoms with Crippen LogP contribution in [0.25, 0.3) is 10.8 Å². The SMILES string of the molecule is COc1ccc2ccccc2c1C=O.O=Cc1ccc(N2CCCCC2)cc1. The molecular formula is C24H25NO3. The molecule has 1 aliphatic rings. The van der Waals surface area contributed by atoms with Gasteiger partial charge in [-0.1, -0.05) is 30.3 Å². The van der Waals surface area contributed by atoms with E-state index in [0.29, 0.717) is 11.3 Å². The van der Waals surface area contributed by atoms with Crippen LogP contribution in [0.2, 0.25) is 0 Å². The topological polar surface area (TPSA) is 46.6 Å². The Kier molecular flexibility index (Phi) is 6.79. The van der Waals surface area contributed by atoms with Gasteiger partial charge in [-0.3, -0.25) is 9.59 Å². The number of anilines is 1. The number of hydrogen-bond donors (Lipinski definition) is 0. The lowest BCUT2D eigenvalue weighted by Crippen LogP contribution is -2.29. The standard InChI is InChI=1S/C12H15NO.C12H10O2/c14-10-11-4-6-12(7-5-11)13-8-2-1-3-9-13;1-14-12-7-6-9-4-2-3-5-10(9)11(12)8-13/h4-7,10H,1-3,8-9H2;2-8H,1H3. The van der Waals surface area contributed by atoms with Crippen LogP contribution in [-0.4, -0.2) is 32.8 Å². The Bertz CT molecular complexity index is 928. The molecule has 0 aliphatic carbocycles. The highest BCUT2D eigenvalue weighted by atomic mass is 16.5. The lowest BCUT2D eigenvalue weighted by Gasteiger charge is -2.28. The van der Waals surface area contributed by atoms with Gasteiger partial charge in [-0.05, 0) is 60.4 Å². The molecule has 0 N–H and O–H groups in total. The van der Waals surface area contributed by atoms with E-state index in [1.807, 2.05) is 60.7 Å². The summed E-state index contributed by atoms with van der Waals surface area (Å²) in [6.45, 7) is 2.31. The largest absolute Gasteiger partial charge is 0.496 e. The molecule has 0 radical (unpaired) electrons. The van der Waals surface area contributed by atoms with Gasteiger partial charge in [0, 0.05) is 24.3 Å². The molecule has 0 unspecified atom stereocenters. The Morgan fingerprint density at radius 1 is 0.821 bits per heavy atom. The molecule has 1 aliphatic heterocycles. The lowest BCUT2D eigenvalue weighted by atomic mass is 10.0. The molecule has 4 heteroatoms. The molecule has 0 bridgehead atoms. The van der Waals surface area contributed by atoms with Crippen molar-refractivity contribution < 1.29 is 14.3 Å². The Morgan fingerprint density at radius 2 is 1.54 bits per heavy atom. The van der Waals surface area contributed by atoms with Crippen LogP contribution in [0.3, 0.4) is 0 Å². The number of piperidine rings is 1. The normalized spacial score (nSPS) is 13.4. The molecule has 4 rings (SSSR count). The van der Waals surface area contributed by atoms with Crippen molar-refractivity contribution in [2.24, 2.45) is 0 Å². The van der Waals surface area contributed by atoms with Crippen molar-refractivity contribution in [1.29, 1.82) is 0 Å². The molecule has 28 heavy (non-hydrogen) atoms. The van der Waals surface area contributed by atoms with Crippen LogP contribution in [-0.2, 0) is 0 Å². The average Bonchev–Trinajstić information content (AvgIpc) is 2.79. The van der Waals surface area contributed by atoms with E-state index >= 15 is 0 Å². The van der Waals surface area contributed by atoms with Crippen molar-refractivity contribution in [3.63, 3.8) is 0 Å². The number of carbonyl (C=O) groups is 2. The second kappa shape index (κ2) is 9.70. The van der Waals surface area contributed by atoms with Crippen molar-refractivity contribution in [3.05, 3.63) is 71.8 Å². The molecule has 144 valence electrons. The summed E-state index contributed by atoms with van der Waals surface area (Å²) in [7, 11) is 1.57. The van der Waals surface area contributed by atoms with Gasteiger partial charge in [-0.25, -0.2) is 0 Å². The number of carbonyl (C=O) groups excluding carboxylic acids is 2. The minimum absolute atomic E-state index is 0.616. The summed E-state index contributed by atoms with van der Waals surface area (Å²) in [5.41, 5.74) is 2.62. The van der Waals surface area contributed by atoms with Gasteiger partial charge >= 0.3 is 0 Å². The maximum absolute atomic E-state index is 10.9. The number of aldehydes is 2.